The number of hydrogen-bond donors (Lipinski definition) is 1. The van der Waals surface area contributed by atoms with Gasteiger partial charge in [-0.2, -0.15) is 0 Å². The van der Waals surface area contributed by atoms with Crippen molar-refractivity contribution in [3.63, 3.8) is 0 Å². The summed E-state index contributed by atoms with van der Waals surface area (Å²) >= 11 is 0. The van der Waals surface area contributed by atoms with E-state index in [-0.39, 0.29) is 25.2 Å². The van der Waals surface area contributed by atoms with E-state index in [0.717, 1.165) is 116 Å². The van der Waals surface area contributed by atoms with Crippen LogP contribution in [-0.2, 0) is 19.1 Å². The molecule has 0 radical (unpaired) electrons. The zero-order valence-electron chi connectivity index (χ0n) is 63.4. The lowest BCUT2D eigenvalue weighted by Crippen LogP contribution is -2.28. The highest BCUT2D eigenvalue weighted by molar-refractivity contribution is 5.70. The van der Waals surface area contributed by atoms with Gasteiger partial charge in [0.1, 0.15) is 6.61 Å². The number of ether oxygens (including phenoxy) is 2. The van der Waals surface area contributed by atoms with Crippen LogP contribution in [0.25, 0.3) is 0 Å². The highest BCUT2D eigenvalue weighted by atomic mass is 16.6. The predicted molar refractivity (Wildman–Crippen MR) is 426 cm³/mol. The van der Waals surface area contributed by atoms with E-state index in [1.165, 1.54) is 257 Å². The Hall–Kier alpha value is -4.22. The van der Waals surface area contributed by atoms with Gasteiger partial charge in [0.25, 0.3) is 0 Å². The molecule has 0 bridgehead atoms. The summed E-state index contributed by atoms with van der Waals surface area (Å²) in [5.74, 6) is -0.573. The van der Waals surface area contributed by atoms with E-state index in [9.17, 15) is 14.7 Å². The van der Waals surface area contributed by atoms with Crippen LogP contribution in [0, 0.1) is 0 Å². The third kappa shape index (κ3) is 82.2. The Morgan fingerprint density at radius 1 is 0.240 bits per heavy atom. The minimum Gasteiger partial charge on any atom is -0.462 e. The molecule has 0 aromatic rings. The first-order valence-corrected chi connectivity index (χ1v) is 41.4. The van der Waals surface area contributed by atoms with Gasteiger partial charge in [-0.1, -0.05) is 417 Å². The summed E-state index contributed by atoms with van der Waals surface area (Å²) in [6.07, 6.45) is 128. The quantitative estimate of drug-likeness (QED) is 0.0373. The molecule has 0 heterocycles. The van der Waals surface area contributed by atoms with Crippen molar-refractivity contribution in [1.29, 1.82) is 0 Å². The van der Waals surface area contributed by atoms with Crippen molar-refractivity contribution in [3.05, 3.63) is 146 Å². The number of rotatable bonds is 76. The molecule has 5 heteroatoms. The molecule has 0 saturated heterocycles. The SMILES string of the molecule is CC/C=C\C/C=C\C/C=C\C/C=C\C/C=C\C/C=C\CCCCCCCCCCCCCCCCCCCCCCCCC(=O)OCC(CO)OC(=O)CCCCCCCCCCCCCCCCCCCCCCCC/C=C\C/C=C\C/C=C\C/C=C\C/C=C\C/C=C\CC. The molecule has 0 fully saturated rings. The van der Waals surface area contributed by atoms with Gasteiger partial charge in [-0.25, -0.2) is 0 Å². The average molecular weight is 1330 g/mol. The minimum atomic E-state index is -0.777. The van der Waals surface area contributed by atoms with Gasteiger partial charge in [-0.3, -0.25) is 9.59 Å². The van der Waals surface area contributed by atoms with E-state index in [1.54, 1.807) is 0 Å². The molecule has 0 aliphatic heterocycles. The number of hydrogen-bond acceptors (Lipinski definition) is 5. The van der Waals surface area contributed by atoms with Crippen LogP contribution in [0.2, 0.25) is 0 Å². The van der Waals surface area contributed by atoms with Crippen LogP contribution in [0.3, 0.4) is 0 Å². The molecule has 0 aromatic carbocycles. The van der Waals surface area contributed by atoms with Crippen LogP contribution in [0.4, 0.5) is 0 Å². The van der Waals surface area contributed by atoms with Gasteiger partial charge in [0, 0.05) is 12.8 Å². The van der Waals surface area contributed by atoms with Crippen LogP contribution in [0.15, 0.2) is 146 Å². The Morgan fingerprint density at radius 3 is 0.625 bits per heavy atom. The lowest BCUT2D eigenvalue weighted by molar-refractivity contribution is -0.161. The second-order valence-electron chi connectivity index (χ2n) is 27.4. The van der Waals surface area contributed by atoms with Crippen molar-refractivity contribution in [2.24, 2.45) is 0 Å². The second-order valence-corrected chi connectivity index (χ2v) is 27.4. The van der Waals surface area contributed by atoms with E-state index in [2.05, 4.69) is 160 Å². The maximum absolute atomic E-state index is 12.4. The minimum absolute atomic E-state index is 0.0645. The van der Waals surface area contributed by atoms with Crippen molar-refractivity contribution in [1.82, 2.24) is 0 Å². The van der Waals surface area contributed by atoms with Crippen molar-refractivity contribution in [3.8, 4) is 0 Å². The summed E-state index contributed by atoms with van der Waals surface area (Å²) in [6, 6.07) is 0. The Balaban J connectivity index is 3.42. The number of carbonyl (C=O) groups is 2. The summed E-state index contributed by atoms with van der Waals surface area (Å²) in [5.41, 5.74) is 0. The number of unbranched alkanes of at least 4 members (excludes halogenated alkanes) is 44. The lowest BCUT2D eigenvalue weighted by atomic mass is 10.0. The van der Waals surface area contributed by atoms with Crippen molar-refractivity contribution in [2.75, 3.05) is 13.2 Å². The number of allylic oxidation sites excluding steroid dienone is 24. The molecule has 1 unspecified atom stereocenters. The fraction of sp³-hybridized carbons (Fsp3) is 0.714. The van der Waals surface area contributed by atoms with Gasteiger partial charge in [0.05, 0.1) is 6.61 Å². The molecule has 96 heavy (non-hydrogen) atoms. The zero-order valence-corrected chi connectivity index (χ0v) is 63.4. The van der Waals surface area contributed by atoms with E-state index in [4.69, 9.17) is 9.47 Å². The predicted octanol–water partition coefficient (Wildman–Crippen LogP) is 29.6. The summed E-state index contributed by atoms with van der Waals surface area (Å²) < 4.78 is 10.8. The fourth-order valence-electron chi connectivity index (χ4n) is 12.0. The maximum Gasteiger partial charge on any atom is 0.306 e. The third-order valence-corrected chi connectivity index (χ3v) is 18.1. The van der Waals surface area contributed by atoms with Crippen LogP contribution >= 0.6 is 0 Å². The summed E-state index contributed by atoms with van der Waals surface area (Å²) in [4.78, 5) is 24.8. The molecule has 1 atom stereocenters. The summed E-state index contributed by atoms with van der Waals surface area (Å²) in [6.45, 7) is 3.95. The molecule has 1 N–H and O–H groups in total. The first kappa shape index (κ1) is 91.8. The highest BCUT2D eigenvalue weighted by Gasteiger charge is 2.16. The van der Waals surface area contributed by atoms with Gasteiger partial charge in [0.15, 0.2) is 6.10 Å². The van der Waals surface area contributed by atoms with Crippen molar-refractivity contribution in [2.45, 2.75) is 405 Å². The second kappa shape index (κ2) is 85.0. The molecule has 0 aliphatic carbocycles. The number of esters is 2. The molecule has 5 nitrogen and oxygen atoms in total. The van der Waals surface area contributed by atoms with E-state index in [1.807, 2.05) is 0 Å². The molecule has 550 valence electrons. The Kier molecular flexibility index (Phi) is 81.3. The summed E-state index contributed by atoms with van der Waals surface area (Å²) in [5, 5.41) is 9.74. The number of carbonyl (C=O) groups excluding carboxylic acids is 2. The molecule has 0 amide bonds. The molecule has 0 spiro atoms. The van der Waals surface area contributed by atoms with Gasteiger partial charge in [-0.05, 0) is 116 Å². The summed E-state index contributed by atoms with van der Waals surface area (Å²) in [7, 11) is 0. The fourth-order valence-corrected chi connectivity index (χ4v) is 12.0. The number of aliphatic hydroxyl groups is 1. The van der Waals surface area contributed by atoms with E-state index < -0.39 is 6.10 Å². The standard InChI is InChI=1S/C91H156O5/c1-3-5-7-9-11-13-15-17-19-21-23-25-27-29-31-33-35-37-39-41-43-45-47-49-51-53-55-57-59-61-63-65-67-69-71-73-75-77-79-81-83-85-90(93)95-88-89(87-92)96-91(94)86-84-82-80-78-76-74-72-70-68-66-64-62-60-58-56-54-52-50-48-46-44-42-40-38-36-34-32-30-28-26-24-22-20-18-16-14-12-10-8-6-4-2/h5-8,11-14,17-20,23-26,29-32,35-38,89,92H,3-4,9-10,15-16,21-22,27-28,33-34,39-88H2,1-2H3/b7-5-,8-6-,13-11-,14-12-,19-17-,20-18-,25-23-,26-24-,31-29-,32-30-,37-35-,38-36-. The van der Waals surface area contributed by atoms with Gasteiger partial charge < -0.3 is 14.6 Å². The smallest absolute Gasteiger partial charge is 0.306 e. The van der Waals surface area contributed by atoms with Crippen LogP contribution in [0.5, 0.6) is 0 Å². The Labute approximate surface area is 597 Å². The van der Waals surface area contributed by atoms with Crippen molar-refractivity contribution < 1.29 is 24.2 Å². The maximum atomic E-state index is 12.4. The van der Waals surface area contributed by atoms with Gasteiger partial charge in [-0.15, -0.1) is 0 Å². The van der Waals surface area contributed by atoms with Crippen LogP contribution in [0.1, 0.15) is 399 Å². The monoisotopic (exact) mass is 1330 g/mol. The first-order chi connectivity index (χ1) is 47.6. The Morgan fingerprint density at radius 2 is 0.417 bits per heavy atom. The average Bonchev–Trinajstić information content (AvgIpc) is 3.73. The van der Waals surface area contributed by atoms with Gasteiger partial charge >= 0.3 is 11.9 Å². The number of aliphatic hydroxyl groups excluding tert-OH is 1. The first-order valence-electron chi connectivity index (χ1n) is 41.4. The van der Waals surface area contributed by atoms with E-state index in [0.29, 0.717) is 12.8 Å². The van der Waals surface area contributed by atoms with Crippen LogP contribution < -0.4 is 0 Å². The van der Waals surface area contributed by atoms with Crippen molar-refractivity contribution >= 4 is 11.9 Å². The lowest BCUT2D eigenvalue weighted by Gasteiger charge is -2.15. The van der Waals surface area contributed by atoms with Crippen LogP contribution in [-0.4, -0.2) is 36.4 Å². The topological polar surface area (TPSA) is 72.8 Å². The normalized spacial score (nSPS) is 13.0. The molecule has 0 aromatic heterocycles. The highest BCUT2D eigenvalue weighted by Crippen LogP contribution is 2.19. The Bertz CT molecular complexity index is 1950. The third-order valence-electron chi connectivity index (χ3n) is 18.1. The molecule has 0 rings (SSSR count). The molecular formula is C91H156O5. The molecular weight excluding hydrogens is 1170 g/mol. The van der Waals surface area contributed by atoms with E-state index >= 15 is 0 Å². The van der Waals surface area contributed by atoms with Gasteiger partial charge in [0.2, 0.25) is 0 Å². The molecule has 0 saturated carbocycles. The zero-order chi connectivity index (χ0) is 69.0. The molecule has 0 aliphatic rings. The largest absolute Gasteiger partial charge is 0.462 e.